The monoisotopic (exact) mass is 335 g/mol. The molecule has 0 aliphatic rings. The first-order valence-electron chi connectivity index (χ1n) is 7.19. The van der Waals surface area contributed by atoms with Crippen LogP contribution in [0, 0.1) is 0 Å². The van der Waals surface area contributed by atoms with Gasteiger partial charge >= 0.3 is 12.1 Å². The number of nitrogens with one attached hydrogen (secondary N) is 1. The minimum Gasteiger partial charge on any atom is -0.460 e. The van der Waals surface area contributed by atoms with Crippen molar-refractivity contribution in [2.75, 3.05) is 57.5 Å². The Bertz CT molecular complexity index is 365. The van der Waals surface area contributed by atoms with Crippen LogP contribution in [-0.4, -0.2) is 69.6 Å². The molecule has 0 aromatic rings. The highest BCUT2D eigenvalue weighted by molar-refractivity contribution is 8.32. The van der Waals surface area contributed by atoms with Crippen LogP contribution >= 0.6 is 10.0 Å². The minimum absolute atomic E-state index is 0.0897. The molecule has 0 radical (unpaired) electrons. The van der Waals surface area contributed by atoms with Gasteiger partial charge in [0.15, 0.2) is 0 Å². The third kappa shape index (κ3) is 13.8. The molecule has 0 aromatic heterocycles. The van der Waals surface area contributed by atoms with Gasteiger partial charge in [0, 0.05) is 12.2 Å². The third-order valence-corrected chi connectivity index (χ3v) is 3.97. The molecule has 0 aliphatic carbocycles. The summed E-state index contributed by atoms with van der Waals surface area (Å²) in [7, 11) is -0.471. The van der Waals surface area contributed by atoms with Gasteiger partial charge in [-0.1, -0.05) is 6.58 Å². The van der Waals surface area contributed by atoms with E-state index in [1.807, 2.05) is 0 Å². The molecule has 0 aliphatic heterocycles. The van der Waals surface area contributed by atoms with Crippen molar-refractivity contribution in [3.63, 3.8) is 0 Å². The number of rotatable bonds is 11. The van der Waals surface area contributed by atoms with E-state index in [1.165, 1.54) is 5.75 Å². The summed E-state index contributed by atoms with van der Waals surface area (Å²) in [5.74, 6) is 0.706. The molecule has 22 heavy (non-hydrogen) atoms. The van der Waals surface area contributed by atoms with Crippen LogP contribution in [0.15, 0.2) is 12.2 Å². The van der Waals surface area contributed by atoms with Crippen LogP contribution in [0.5, 0.6) is 0 Å². The van der Waals surface area contributed by atoms with Gasteiger partial charge in [-0.2, -0.15) is 0 Å². The average molecular weight is 335 g/mol. The first-order valence-corrected chi connectivity index (χ1v) is 10.2. The van der Waals surface area contributed by atoms with Crippen LogP contribution in [0.3, 0.4) is 0 Å². The van der Waals surface area contributed by atoms with E-state index >= 15 is 0 Å². The highest BCUT2D eigenvalue weighted by Gasteiger charge is 2.05. The Morgan fingerprint density at radius 3 is 2.32 bits per heavy atom. The normalized spacial score (nSPS) is 11.6. The maximum Gasteiger partial charge on any atom is 0.407 e. The molecule has 0 aromatic carbocycles. The summed E-state index contributed by atoms with van der Waals surface area (Å²) in [6.45, 7) is 6.59. The third-order valence-electron chi connectivity index (χ3n) is 2.46. The van der Waals surface area contributed by atoms with Gasteiger partial charge in [0.2, 0.25) is 0 Å². The highest BCUT2D eigenvalue weighted by atomic mass is 32.3. The minimum atomic E-state index is -0.547. The van der Waals surface area contributed by atoms with Crippen LogP contribution in [0.25, 0.3) is 0 Å². The molecule has 0 saturated heterocycles. The van der Waals surface area contributed by atoms with E-state index in [4.69, 9.17) is 14.2 Å². The van der Waals surface area contributed by atoms with Gasteiger partial charge in [-0.05, 0) is 37.9 Å². The molecule has 0 atom stereocenters. The molecule has 0 spiro atoms. The summed E-state index contributed by atoms with van der Waals surface area (Å²) in [6.07, 6.45) is 7.30. The molecule has 1 amide bonds. The van der Waals surface area contributed by atoms with Gasteiger partial charge in [0.1, 0.15) is 13.2 Å². The van der Waals surface area contributed by atoms with Crippen molar-refractivity contribution in [2.24, 2.45) is 0 Å². The van der Waals surface area contributed by atoms with Gasteiger partial charge in [0.05, 0.1) is 13.2 Å². The number of amides is 1. The SMILES string of the molecule is C=C(C)C(=O)OCCNC(=O)OCCOCCCS(C)(C)C. The summed E-state index contributed by atoms with van der Waals surface area (Å²) in [6, 6.07) is 0. The molecule has 6 nitrogen and oxygen atoms in total. The number of hydrogen-bond acceptors (Lipinski definition) is 5. The van der Waals surface area contributed by atoms with Gasteiger partial charge < -0.3 is 19.5 Å². The van der Waals surface area contributed by atoms with Gasteiger partial charge in [-0.3, -0.25) is 0 Å². The second kappa shape index (κ2) is 11.4. The van der Waals surface area contributed by atoms with Crippen LogP contribution in [0.4, 0.5) is 4.79 Å². The van der Waals surface area contributed by atoms with Crippen LogP contribution < -0.4 is 5.32 Å². The van der Waals surface area contributed by atoms with Crippen molar-refractivity contribution in [2.45, 2.75) is 13.3 Å². The fraction of sp³-hybridized carbons (Fsp3) is 0.733. The fourth-order valence-electron chi connectivity index (χ4n) is 1.36. The number of carbonyl (C=O) groups excluding carboxylic acids is 2. The van der Waals surface area contributed by atoms with Crippen molar-refractivity contribution < 1.29 is 23.8 Å². The molecule has 0 rings (SSSR count). The molecular weight excluding hydrogens is 306 g/mol. The van der Waals surface area contributed by atoms with E-state index in [0.29, 0.717) is 18.8 Å². The van der Waals surface area contributed by atoms with Gasteiger partial charge in [0.25, 0.3) is 0 Å². The van der Waals surface area contributed by atoms with E-state index in [1.54, 1.807) is 6.92 Å². The zero-order chi connectivity index (χ0) is 17.0. The molecular formula is C15H29NO5S. The van der Waals surface area contributed by atoms with Crippen LogP contribution in [0.1, 0.15) is 13.3 Å². The topological polar surface area (TPSA) is 73.9 Å². The number of alkyl carbamates (subject to hydrolysis) is 1. The Morgan fingerprint density at radius 2 is 1.73 bits per heavy atom. The van der Waals surface area contributed by atoms with Gasteiger partial charge in [-0.15, -0.1) is 0 Å². The summed E-state index contributed by atoms with van der Waals surface area (Å²) >= 11 is 0. The molecule has 0 heterocycles. The summed E-state index contributed by atoms with van der Waals surface area (Å²) in [5, 5.41) is 2.48. The molecule has 7 heteroatoms. The summed E-state index contributed by atoms with van der Waals surface area (Å²) in [4.78, 5) is 22.4. The maximum absolute atomic E-state index is 11.3. The van der Waals surface area contributed by atoms with Crippen molar-refractivity contribution in [3.05, 3.63) is 12.2 Å². The number of esters is 1. The molecule has 130 valence electrons. The van der Waals surface area contributed by atoms with E-state index in [9.17, 15) is 9.59 Å². The second-order valence-corrected chi connectivity index (χ2v) is 10.3. The number of hydrogen-bond donors (Lipinski definition) is 1. The quantitative estimate of drug-likeness (QED) is 0.355. The Balaban J connectivity index is 3.40. The van der Waals surface area contributed by atoms with Crippen molar-refractivity contribution in [3.8, 4) is 0 Å². The molecule has 0 bridgehead atoms. The number of carbonyl (C=O) groups is 2. The van der Waals surface area contributed by atoms with Crippen molar-refractivity contribution >= 4 is 22.1 Å². The Labute approximate surface area is 134 Å². The molecule has 0 saturated carbocycles. The lowest BCUT2D eigenvalue weighted by Crippen LogP contribution is -2.29. The zero-order valence-corrected chi connectivity index (χ0v) is 14.9. The average Bonchev–Trinajstić information content (AvgIpc) is 2.40. The molecule has 1 N–H and O–H groups in total. The lowest BCUT2D eigenvalue weighted by Gasteiger charge is -2.24. The van der Waals surface area contributed by atoms with Gasteiger partial charge in [-0.25, -0.2) is 19.6 Å². The Morgan fingerprint density at radius 1 is 1.05 bits per heavy atom. The Hall–Kier alpha value is -1.21. The zero-order valence-electron chi connectivity index (χ0n) is 14.1. The van der Waals surface area contributed by atoms with E-state index in [-0.39, 0.29) is 19.8 Å². The van der Waals surface area contributed by atoms with E-state index in [2.05, 4.69) is 30.7 Å². The first kappa shape index (κ1) is 20.8. The smallest absolute Gasteiger partial charge is 0.407 e. The predicted molar refractivity (Wildman–Crippen MR) is 90.8 cm³/mol. The Kier molecular flexibility index (Phi) is 10.7. The maximum atomic E-state index is 11.3. The second-order valence-electron chi connectivity index (χ2n) is 5.74. The van der Waals surface area contributed by atoms with Crippen molar-refractivity contribution in [1.82, 2.24) is 5.32 Å². The van der Waals surface area contributed by atoms with E-state index in [0.717, 1.165) is 6.42 Å². The first-order chi connectivity index (χ1) is 10.2. The highest BCUT2D eigenvalue weighted by Crippen LogP contribution is 2.34. The van der Waals surface area contributed by atoms with Crippen molar-refractivity contribution in [1.29, 1.82) is 0 Å². The lowest BCUT2D eigenvalue weighted by molar-refractivity contribution is -0.138. The summed E-state index contributed by atoms with van der Waals surface area (Å²) < 4.78 is 15.1. The fourth-order valence-corrected chi connectivity index (χ4v) is 2.34. The van der Waals surface area contributed by atoms with Crippen LogP contribution in [-0.2, 0) is 19.0 Å². The predicted octanol–water partition coefficient (Wildman–Crippen LogP) is 1.93. The summed E-state index contributed by atoms with van der Waals surface area (Å²) in [5.41, 5.74) is 0.327. The molecule has 0 unspecified atom stereocenters. The van der Waals surface area contributed by atoms with Crippen LogP contribution in [0.2, 0.25) is 0 Å². The lowest BCUT2D eigenvalue weighted by atomic mass is 10.4. The molecule has 0 fully saturated rings. The number of ether oxygens (including phenoxy) is 3. The standard InChI is InChI=1S/C15H29NO5S/c1-13(2)14(17)20-9-7-16-15(18)21-11-10-19-8-6-12-22(3,4)5/h1,6-12H2,2-5H3,(H,16,18). The largest absolute Gasteiger partial charge is 0.460 e. The van der Waals surface area contributed by atoms with E-state index < -0.39 is 22.1 Å².